The first-order chi connectivity index (χ1) is 6.65. The van der Waals surface area contributed by atoms with Crippen molar-refractivity contribution in [3.63, 3.8) is 0 Å². The molecule has 0 bridgehead atoms. The summed E-state index contributed by atoms with van der Waals surface area (Å²) in [6, 6.07) is 4.11. The van der Waals surface area contributed by atoms with Crippen LogP contribution in [0, 0.1) is 5.82 Å². The molecule has 5 heteroatoms. The molecule has 0 aromatic heterocycles. The summed E-state index contributed by atoms with van der Waals surface area (Å²) in [6.45, 7) is 2.10. The zero-order valence-electron chi connectivity index (χ0n) is 7.51. The van der Waals surface area contributed by atoms with Gasteiger partial charge in [0.15, 0.2) is 0 Å². The number of nitrogens with one attached hydrogen (secondary N) is 1. The Kier molecular flexibility index (Phi) is 4.03. The van der Waals surface area contributed by atoms with E-state index in [4.69, 9.17) is 0 Å². The van der Waals surface area contributed by atoms with Gasteiger partial charge in [-0.15, -0.1) is 0 Å². The van der Waals surface area contributed by atoms with Crippen molar-refractivity contribution in [2.75, 3.05) is 6.61 Å². The summed E-state index contributed by atoms with van der Waals surface area (Å²) >= 11 is 2.99. The zero-order valence-corrected chi connectivity index (χ0v) is 9.10. The Labute approximate surface area is 89.3 Å². The highest BCUT2D eigenvalue weighted by atomic mass is 79.9. The van der Waals surface area contributed by atoms with Crippen molar-refractivity contribution >= 4 is 21.8 Å². The van der Waals surface area contributed by atoms with Crippen molar-refractivity contribution in [2.24, 2.45) is 0 Å². The first-order valence-electron chi connectivity index (χ1n) is 4.02. The van der Waals surface area contributed by atoms with Crippen molar-refractivity contribution in [3.8, 4) is 0 Å². The minimum absolute atomic E-state index is 0.221. The van der Waals surface area contributed by atoms with Crippen molar-refractivity contribution in [1.29, 1.82) is 0 Å². The maximum absolute atomic E-state index is 13.0. The van der Waals surface area contributed by atoms with Crippen LogP contribution in [0.5, 0.6) is 0 Å². The van der Waals surface area contributed by atoms with Crippen molar-refractivity contribution in [2.45, 2.75) is 6.92 Å². The van der Waals surface area contributed by atoms with E-state index in [0.717, 1.165) is 6.07 Å². The number of carbonyl (C=O) groups is 1. The Bertz CT molecular complexity index is 344. The molecular formula is C9H9BrFNO2. The lowest BCUT2D eigenvalue weighted by Crippen LogP contribution is -2.23. The molecule has 14 heavy (non-hydrogen) atoms. The Morgan fingerprint density at radius 2 is 2.36 bits per heavy atom. The van der Waals surface area contributed by atoms with E-state index in [1.165, 1.54) is 12.1 Å². The van der Waals surface area contributed by atoms with Gasteiger partial charge in [-0.2, -0.15) is 0 Å². The molecule has 1 N–H and O–H groups in total. The van der Waals surface area contributed by atoms with Crippen LogP contribution in [0.2, 0.25) is 0 Å². The van der Waals surface area contributed by atoms with Crippen LogP contribution >= 0.6 is 15.9 Å². The van der Waals surface area contributed by atoms with E-state index in [1.807, 2.05) is 0 Å². The normalized spacial score (nSPS) is 9.93. The van der Waals surface area contributed by atoms with Gasteiger partial charge in [0, 0.05) is 5.56 Å². The number of hydrogen-bond donors (Lipinski definition) is 1. The molecular weight excluding hydrogens is 253 g/mol. The third-order valence-electron chi connectivity index (χ3n) is 1.49. The van der Waals surface area contributed by atoms with Gasteiger partial charge in [0.2, 0.25) is 0 Å². The van der Waals surface area contributed by atoms with Crippen LogP contribution in [0.15, 0.2) is 22.7 Å². The van der Waals surface area contributed by atoms with Gasteiger partial charge in [-0.25, -0.2) is 9.87 Å². The fraction of sp³-hybridized carbons (Fsp3) is 0.222. The Morgan fingerprint density at radius 3 is 2.93 bits per heavy atom. The van der Waals surface area contributed by atoms with Crippen molar-refractivity contribution in [3.05, 3.63) is 34.1 Å². The molecule has 0 unspecified atom stereocenters. The SMILES string of the molecule is CCONC(=O)c1ccc(Br)c(F)c1. The average molecular weight is 262 g/mol. The van der Waals surface area contributed by atoms with Crippen LogP contribution in [0.25, 0.3) is 0 Å². The summed E-state index contributed by atoms with van der Waals surface area (Å²) in [4.78, 5) is 15.9. The van der Waals surface area contributed by atoms with Crippen LogP contribution in [0.4, 0.5) is 4.39 Å². The summed E-state index contributed by atoms with van der Waals surface area (Å²) in [7, 11) is 0. The summed E-state index contributed by atoms with van der Waals surface area (Å²) in [5, 5.41) is 0. The second-order valence-electron chi connectivity index (χ2n) is 2.49. The molecule has 76 valence electrons. The van der Waals surface area contributed by atoms with Crippen LogP contribution in [-0.4, -0.2) is 12.5 Å². The Morgan fingerprint density at radius 1 is 1.64 bits per heavy atom. The van der Waals surface area contributed by atoms with Gasteiger partial charge in [-0.1, -0.05) is 0 Å². The van der Waals surface area contributed by atoms with E-state index in [9.17, 15) is 9.18 Å². The summed E-state index contributed by atoms with van der Waals surface area (Å²) < 4.78 is 13.3. The average Bonchev–Trinajstić information content (AvgIpc) is 2.18. The number of carbonyl (C=O) groups excluding carboxylic acids is 1. The second-order valence-corrected chi connectivity index (χ2v) is 3.35. The van der Waals surface area contributed by atoms with Crippen molar-refractivity contribution in [1.82, 2.24) is 5.48 Å². The minimum Gasteiger partial charge on any atom is -0.274 e. The molecule has 1 aromatic rings. The van der Waals surface area contributed by atoms with E-state index in [2.05, 4.69) is 26.2 Å². The minimum atomic E-state index is -0.478. The number of halogens is 2. The molecule has 0 atom stereocenters. The predicted molar refractivity (Wildman–Crippen MR) is 53.2 cm³/mol. The number of rotatable bonds is 3. The lowest BCUT2D eigenvalue weighted by atomic mass is 10.2. The quantitative estimate of drug-likeness (QED) is 0.848. The third kappa shape index (κ3) is 2.78. The number of hydroxylamine groups is 1. The van der Waals surface area contributed by atoms with Gasteiger partial charge in [0.25, 0.3) is 5.91 Å². The van der Waals surface area contributed by atoms with Gasteiger partial charge < -0.3 is 0 Å². The lowest BCUT2D eigenvalue weighted by Gasteiger charge is -2.03. The van der Waals surface area contributed by atoms with E-state index in [0.29, 0.717) is 11.1 Å². The number of benzene rings is 1. The van der Waals surface area contributed by atoms with Crippen LogP contribution in [0.3, 0.4) is 0 Å². The largest absolute Gasteiger partial charge is 0.274 e. The molecule has 0 aliphatic heterocycles. The zero-order chi connectivity index (χ0) is 10.6. The van der Waals surface area contributed by atoms with Crippen molar-refractivity contribution < 1.29 is 14.0 Å². The van der Waals surface area contributed by atoms with Gasteiger partial charge in [0.05, 0.1) is 11.1 Å². The molecule has 0 aliphatic carbocycles. The first kappa shape index (κ1) is 11.1. The fourth-order valence-corrected chi connectivity index (χ4v) is 1.08. The fourth-order valence-electron chi connectivity index (χ4n) is 0.834. The Balaban J connectivity index is 2.76. The molecule has 0 saturated heterocycles. The molecule has 0 heterocycles. The molecule has 0 spiro atoms. The molecule has 0 aliphatic rings. The summed E-state index contributed by atoms with van der Waals surface area (Å²) in [6.07, 6.45) is 0. The number of hydrogen-bond acceptors (Lipinski definition) is 2. The van der Waals surface area contributed by atoms with Crippen LogP contribution in [0.1, 0.15) is 17.3 Å². The predicted octanol–water partition coefficient (Wildman–Crippen LogP) is 2.27. The monoisotopic (exact) mass is 261 g/mol. The summed E-state index contributed by atoms with van der Waals surface area (Å²) in [5.74, 6) is -0.938. The molecule has 0 radical (unpaired) electrons. The van der Waals surface area contributed by atoms with E-state index in [-0.39, 0.29) is 5.56 Å². The third-order valence-corrected chi connectivity index (χ3v) is 2.13. The molecule has 0 fully saturated rings. The number of amides is 1. The van der Waals surface area contributed by atoms with Gasteiger partial charge >= 0.3 is 0 Å². The maximum atomic E-state index is 13.0. The van der Waals surface area contributed by atoms with Crippen LogP contribution < -0.4 is 5.48 Å². The Hall–Kier alpha value is -0.940. The second kappa shape index (κ2) is 5.07. The lowest BCUT2D eigenvalue weighted by molar-refractivity contribution is 0.0364. The standard InChI is InChI=1S/C9H9BrFNO2/c1-2-14-12-9(13)6-3-4-7(10)8(11)5-6/h3-5H,2H2,1H3,(H,12,13). The van der Waals surface area contributed by atoms with E-state index < -0.39 is 11.7 Å². The molecule has 1 rings (SSSR count). The maximum Gasteiger partial charge on any atom is 0.274 e. The highest BCUT2D eigenvalue weighted by Crippen LogP contribution is 2.16. The summed E-state index contributed by atoms with van der Waals surface area (Å²) in [5.41, 5.74) is 2.40. The molecule has 1 aromatic carbocycles. The highest BCUT2D eigenvalue weighted by molar-refractivity contribution is 9.10. The smallest absolute Gasteiger partial charge is 0.274 e. The van der Waals surface area contributed by atoms with Gasteiger partial charge in [-0.05, 0) is 41.1 Å². The topological polar surface area (TPSA) is 38.3 Å². The first-order valence-corrected chi connectivity index (χ1v) is 4.81. The molecule has 3 nitrogen and oxygen atoms in total. The molecule has 1 amide bonds. The van der Waals surface area contributed by atoms with E-state index in [1.54, 1.807) is 6.92 Å². The van der Waals surface area contributed by atoms with Gasteiger partial charge in [-0.3, -0.25) is 9.63 Å². The molecule has 0 saturated carbocycles. The van der Waals surface area contributed by atoms with Gasteiger partial charge in [0.1, 0.15) is 5.82 Å². The highest BCUT2D eigenvalue weighted by Gasteiger charge is 2.07. The van der Waals surface area contributed by atoms with Crippen LogP contribution in [-0.2, 0) is 4.84 Å². The van der Waals surface area contributed by atoms with E-state index >= 15 is 0 Å².